The molecule has 0 amide bonds. The van der Waals surface area contributed by atoms with E-state index in [4.69, 9.17) is 9.84 Å². The number of ether oxygens (including phenoxy) is 1. The fourth-order valence-electron chi connectivity index (χ4n) is 4.77. The Morgan fingerprint density at radius 3 is 2.32 bits per heavy atom. The number of hydrogen-bond acceptors (Lipinski definition) is 3. The van der Waals surface area contributed by atoms with Gasteiger partial charge in [0.25, 0.3) is 0 Å². The monoisotopic (exact) mass is 387 g/mol. The summed E-state index contributed by atoms with van der Waals surface area (Å²) in [6.07, 6.45) is 11.2. The van der Waals surface area contributed by atoms with Gasteiger partial charge < -0.3 is 14.7 Å². The van der Waals surface area contributed by atoms with Crippen LogP contribution in [0.5, 0.6) is 5.75 Å². The number of carbonyl (C=O) groups is 1. The number of carboxylic acid groups (broad SMARTS) is 1. The van der Waals surface area contributed by atoms with Crippen LogP contribution in [0.2, 0.25) is 0 Å². The Hall–Kier alpha value is -1.55. The molecule has 0 spiro atoms. The molecule has 1 saturated heterocycles. The molecule has 1 saturated carbocycles. The van der Waals surface area contributed by atoms with E-state index in [9.17, 15) is 4.79 Å². The van der Waals surface area contributed by atoms with Crippen molar-refractivity contribution in [3.8, 4) is 5.75 Å². The first-order valence-electron chi connectivity index (χ1n) is 11.3. The molecule has 3 rings (SSSR count). The van der Waals surface area contributed by atoms with Crippen LogP contribution in [-0.4, -0.2) is 41.7 Å². The van der Waals surface area contributed by atoms with Gasteiger partial charge in [-0.05, 0) is 101 Å². The van der Waals surface area contributed by atoms with E-state index in [1.807, 2.05) is 0 Å². The van der Waals surface area contributed by atoms with Gasteiger partial charge in [-0.1, -0.05) is 25.5 Å². The smallest absolute Gasteiger partial charge is 0.303 e. The zero-order valence-corrected chi connectivity index (χ0v) is 17.4. The van der Waals surface area contributed by atoms with Crippen LogP contribution < -0.4 is 4.74 Å². The molecule has 0 atom stereocenters. The number of likely N-dealkylation sites (tertiary alicyclic amines) is 1. The Labute approximate surface area is 170 Å². The molecule has 2 aliphatic rings. The summed E-state index contributed by atoms with van der Waals surface area (Å²) in [5.41, 5.74) is 1.44. The lowest BCUT2D eigenvalue weighted by molar-refractivity contribution is -0.137. The average molecular weight is 388 g/mol. The Morgan fingerprint density at radius 2 is 1.71 bits per heavy atom. The maximum Gasteiger partial charge on any atom is 0.303 e. The molecule has 0 unspecified atom stereocenters. The first kappa shape index (κ1) is 21.2. The standard InChI is InChI=1S/C24H37NO3/c1-2-19-6-10-22(11-7-19)28-23-12-8-20(9-13-23)21-14-17-25(18-15-21)16-4-3-5-24(26)27/h8-9,12-13,19,21-22H,2-7,10-11,14-18H2,1H3,(H,26,27)/t19-,22-. The highest BCUT2D eigenvalue weighted by Gasteiger charge is 2.22. The van der Waals surface area contributed by atoms with Gasteiger partial charge in [0.2, 0.25) is 0 Å². The zero-order valence-electron chi connectivity index (χ0n) is 17.4. The minimum atomic E-state index is -0.681. The van der Waals surface area contributed by atoms with Crippen LogP contribution in [0.1, 0.15) is 82.6 Å². The molecule has 0 bridgehead atoms. The van der Waals surface area contributed by atoms with E-state index in [2.05, 4.69) is 36.1 Å². The van der Waals surface area contributed by atoms with Crippen molar-refractivity contribution in [1.29, 1.82) is 0 Å². The second-order valence-electron chi connectivity index (χ2n) is 8.70. The van der Waals surface area contributed by atoms with Gasteiger partial charge in [-0.15, -0.1) is 0 Å². The van der Waals surface area contributed by atoms with Crippen LogP contribution in [-0.2, 0) is 4.79 Å². The molecule has 1 aromatic rings. The summed E-state index contributed by atoms with van der Waals surface area (Å²) in [6.45, 7) is 5.58. The average Bonchev–Trinajstić information content (AvgIpc) is 2.73. The molecule has 0 radical (unpaired) electrons. The van der Waals surface area contributed by atoms with E-state index in [1.165, 1.54) is 50.5 Å². The van der Waals surface area contributed by atoms with Crippen molar-refractivity contribution >= 4 is 5.97 Å². The summed E-state index contributed by atoms with van der Waals surface area (Å²) in [5, 5.41) is 8.72. The van der Waals surface area contributed by atoms with Crippen molar-refractivity contribution in [3.63, 3.8) is 0 Å². The number of aliphatic carboxylic acids is 1. The number of hydrogen-bond donors (Lipinski definition) is 1. The minimum absolute atomic E-state index is 0.297. The molecule has 156 valence electrons. The van der Waals surface area contributed by atoms with Gasteiger partial charge in [0.1, 0.15) is 5.75 Å². The third-order valence-electron chi connectivity index (χ3n) is 6.73. The van der Waals surface area contributed by atoms with Crippen molar-refractivity contribution < 1.29 is 14.6 Å². The lowest BCUT2D eigenvalue weighted by atomic mass is 9.86. The number of piperidine rings is 1. The molecule has 1 heterocycles. The third-order valence-corrected chi connectivity index (χ3v) is 6.73. The molecule has 1 N–H and O–H groups in total. The van der Waals surface area contributed by atoms with E-state index < -0.39 is 5.97 Å². The van der Waals surface area contributed by atoms with E-state index in [1.54, 1.807) is 0 Å². The first-order valence-corrected chi connectivity index (χ1v) is 11.3. The highest BCUT2D eigenvalue weighted by molar-refractivity contribution is 5.66. The van der Waals surface area contributed by atoms with E-state index >= 15 is 0 Å². The molecule has 1 aromatic carbocycles. The fourth-order valence-corrected chi connectivity index (χ4v) is 4.77. The Kier molecular flexibility index (Phi) is 8.20. The van der Waals surface area contributed by atoms with Crippen LogP contribution in [0.25, 0.3) is 0 Å². The Balaban J connectivity index is 1.38. The highest BCUT2D eigenvalue weighted by Crippen LogP contribution is 2.32. The minimum Gasteiger partial charge on any atom is -0.490 e. The quantitative estimate of drug-likeness (QED) is 0.571. The number of nitrogens with zero attached hydrogens (tertiary/aromatic N) is 1. The van der Waals surface area contributed by atoms with Crippen molar-refractivity contribution in [3.05, 3.63) is 29.8 Å². The molecule has 1 aliphatic heterocycles. The Morgan fingerprint density at radius 1 is 1.04 bits per heavy atom. The van der Waals surface area contributed by atoms with Crippen molar-refractivity contribution in [1.82, 2.24) is 4.90 Å². The van der Waals surface area contributed by atoms with Gasteiger partial charge in [-0.25, -0.2) is 0 Å². The summed E-state index contributed by atoms with van der Waals surface area (Å²) >= 11 is 0. The number of rotatable bonds is 9. The van der Waals surface area contributed by atoms with Gasteiger partial charge in [-0.3, -0.25) is 4.79 Å². The summed E-state index contributed by atoms with van der Waals surface area (Å²) in [5.74, 6) is 1.90. The van der Waals surface area contributed by atoms with Crippen molar-refractivity contribution in [2.24, 2.45) is 5.92 Å². The number of carboxylic acids is 1. The van der Waals surface area contributed by atoms with Crippen LogP contribution in [0.15, 0.2) is 24.3 Å². The zero-order chi connectivity index (χ0) is 19.8. The second-order valence-corrected chi connectivity index (χ2v) is 8.70. The van der Waals surface area contributed by atoms with Crippen molar-refractivity contribution in [2.45, 2.75) is 83.2 Å². The normalized spacial score (nSPS) is 24.2. The summed E-state index contributed by atoms with van der Waals surface area (Å²) in [4.78, 5) is 13.1. The number of benzene rings is 1. The van der Waals surface area contributed by atoms with Gasteiger partial charge in [0.15, 0.2) is 0 Å². The topological polar surface area (TPSA) is 49.8 Å². The van der Waals surface area contributed by atoms with Gasteiger partial charge in [0, 0.05) is 6.42 Å². The lowest BCUT2D eigenvalue weighted by Gasteiger charge is -2.32. The molecule has 1 aliphatic carbocycles. The lowest BCUT2D eigenvalue weighted by Crippen LogP contribution is -2.33. The van der Waals surface area contributed by atoms with Crippen LogP contribution in [0.4, 0.5) is 0 Å². The van der Waals surface area contributed by atoms with Crippen LogP contribution in [0, 0.1) is 5.92 Å². The SMILES string of the molecule is CC[C@H]1CC[C@H](Oc2ccc(C3CCN(CCCCC(=O)O)CC3)cc2)CC1. The van der Waals surface area contributed by atoms with Crippen LogP contribution >= 0.6 is 0 Å². The maximum absolute atomic E-state index is 10.6. The van der Waals surface area contributed by atoms with Crippen molar-refractivity contribution in [2.75, 3.05) is 19.6 Å². The molecule has 0 aromatic heterocycles. The van der Waals surface area contributed by atoms with E-state index in [0.29, 0.717) is 18.4 Å². The number of unbranched alkanes of at least 4 members (excludes halogenated alkanes) is 1. The molecule has 4 heteroatoms. The summed E-state index contributed by atoms with van der Waals surface area (Å²) in [7, 11) is 0. The fraction of sp³-hybridized carbons (Fsp3) is 0.708. The van der Waals surface area contributed by atoms with Gasteiger partial charge >= 0.3 is 5.97 Å². The second kappa shape index (κ2) is 10.8. The highest BCUT2D eigenvalue weighted by atomic mass is 16.5. The van der Waals surface area contributed by atoms with Gasteiger partial charge in [0.05, 0.1) is 6.10 Å². The molecular formula is C24H37NO3. The first-order chi connectivity index (χ1) is 13.6. The maximum atomic E-state index is 10.6. The van der Waals surface area contributed by atoms with Crippen LogP contribution in [0.3, 0.4) is 0 Å². The third kappa shape index (κ3) is 6.51. The molecule has 4 nitrogen and oxygen atoms in total. The summed E-state index contributed by atoms with van der Waals surface area (Å²) in [6, 6.07) is 8.86. The largest absolute Gasteiger partial charge is 0.490 e. The molecule has 28 heavy (non-hydrogen) atoms. The predicted octanol–water partition coefficient (Wildman–Crippen LogP) is 5.47. The van der Waals surface area contributed by atoms with Gasteiger partial charge in [-0.2, -0.15) is 0 Å². The predicted molar refractivity (Wildman–Crippen MR) is 113 cm³/mol. The Bertz CT molecular complexity index is 584. The van der Waals surface area contributed by atoms with E-state index in [0.717, 1.165) is 44.1 Å². The molecule has 2 fully saturated rings. The van der Waals surface area contributed by atoms with E-state index in [-0.39, 0.29) is 0 Å². The molecular weight excluding hydrogens is 350 g/mol. The summed E-state index contributed by atoms with van der Waals surface area (Å²) < 4.78 is 6.23.